The third kappa shape index (κ3) is 2.62. The van der Waals surface area contributed by atoms with Crippen LogP contribution in [0.5, 0.6) is 0 Å². The number of hydrogen-bond donors (Lipinski definition) is 4. The molecular formula is C11H17N5O4Sn. The van der Waals surface area contributed by atoms with E-state index >= 15 is 0 Å². The Balaban J connectivity index is 0.00000161. The number of rotatable bonds is 2. The fourth-order valence-corrected chi connectivity index (χ4v) is 2.55. The van der Waals surface area contributed by atoms with Crippen molar-refractivity contribution in [3.63, 3.8) is 0 Å². The van der Waals surface area contributed by atoms with Gasteiger partial charge < -0.3 is 30.7 Å². The SMILES string of the molecule is CC1(N)N=CN=C2C1=NCN2[C@@H]1O[C@H](CO)[C@@H](O)[C@H]1O.[Sn]. The summed E-state index contributed by atoms with van der Waals surface area (Å²) >= 11 is 0. The van der Waals surface area contributed by atoms with Gasteiger partial charge in [-0.1, -0.05) is 0 Å². The first-order valence-corrected chi connectivity index (χ1v) is 6.30. The molecule has 5 N–H and O–H groups in total. The van der Waals surface area contributed by atoms with Crippen molar-refractivity contribution in [3.8, 4) is 0 Å². The van der Waals surface area contributed by atoms with Gasteiger partial charge in [0.1, 0.15) is 37.0 Å². The molecule has 0 aromatic heterocycles. The van der Waals surface area contributed by atoms with Crippen LogP contribution < -0.4 is 5.73 Å². The summed E-state index contributed by atoms with van der Waals surface area (Å²) in [5.74, 6) is 0.472. The molecule has 114 valence electrons. The summed E-state index contributed by atoms with van der Waals surface area (Å²) in [4.78, 5) is 14.1. The van der Waals surface area contributed by atoms with Crippen LogP contribution >= 0.6 is 0 Å². The minimum atomic E-state index is -1.16. The monoisotopic (exact) mass is 403 g/mol. The molecule has 1 fully saturated rings. The Labute approximate surface area is 138 Å². The predicted octanol–water partition coefficient (Wildman–Crippen LogP) is -3.13. The van der Waals surface area contributed by atoms with Crippen LogP contribution in [-0.4, -0.2) is 105 Å². The van der Waals surface area contributed by atoms with Gasteiger partial charge >= 0.3 is 0 Å². The Morgan fingerprint density at radius 1 is 1.48 bits per heavy atom. The van der Waals surface area contributed by atoms with Gasteiger partial charge in [0.25, 0.3) is 0 Å². The van der Waals surface area contributed by atoms with E-state index in [4.69, 9.17) is 15.6 Å². The molecule has 0 aromatic carbocycles. The fourth-order valence-electron chi connectivity index (χ4n) is 2.55. The van der Waals surface area contributed by atoms with Crippen LogP contribution in [0, 0.1) is 0 Å². The van der Waals surface area contributed by atoms with Crippen molar-refractivity contribution in [1.82, 2.24) is 4.90 Å². The standard InChI is InChI=1S/C11H17N5O4.Sn/c1-11(12)8-9(13-3-15-11)16(4-14-8)10-7(19)6(18)5(2-17)20-10;/h3,5-7,10,17-19H,2,4,12H2,1H3;/t5-,6-,7-,10-,11?;/m1./s1. The summed E-state index contributed by atoms with van der Waals surface area (Å²) in [6.45, 7) is 1.54. The Morgan fingerprint density at radius 3 is 2.81 bits per heavy atom. The largest absolute Gasteiger partial charge is 0.394 e. The summed E-state index contributed by atoms with van der Waals surface area (Å²) in [6.07, 6.45) is -2.64. The number of amidine groups is 1. The second-order valence-electron chi connectivity index (χ2n) is 5.19. The molecule has 21 heavy (non-hydrogen) atoms. The number of aliphatic hydroxyl groups excluding tert-OH is 3. The molecule has 3 rings (SSSR count). The van der Waals surface area contributed by atoms with E-state index in [0.29, 0.717) is 11.5 Å². The number of nitrogens with two attached hydrogens (primary N) is 1. The number of fused-ring (bicyclic) bond motifs is 1. The smallest absolute Gasteiger partial charge is 0.162 e. The van der Waals surface area contributed by atoms with Gasteiger partial charge in [-0.3, -0.25) is 4.99 Å². The quantitative estimate of drug-likeness (QED) is 0.361. The summed E-state index contributed by atoms with van der Waals surface area (Å²) in [5.41, 5.74) is 5.55. The summed E-state index contributed by atoms with van der Waals surface area (Å²) in [7, 11) is 0. The van der Waals surface area contributed by atoms with Gasteiger partial charge in [0.2, 0.25) is 0 Å². The molecule has 0 bridgehead atoms. The third-order valence-corrected chi connectivity index (χ3v) is 3.67. The van der Waals surface area contributed by atoms with Crippen molar-refractivity contribution in [2.45, 2.75) is 37.1 Å². The van der Waals surface area contributed by atoms with Crippen LogP contribution in [0.4, 0.5) is 0 Å². The van der Waals surface area contributed by atoms with Gasteiger partial charge in [-0.2, -0.15) is 0 Å². The van der Waals surface area contributed by atoms with Crippen LogP contribution in [0.1, 0.15) is 6.92 Å². The van der Waals surface area contributed by atoms with Crippen LogP contribution in [0.15, 0.2) is 15.0 Å². The molecule has 0 saturated carbocycles. The Bertz CT molecular complexity index is 509. The topological polar surface area (TPSA) is 136 Å². The van der Waals surface area contributed by atoms with Gasteiger partial charge in [-0.05, 0) is 6.92 Å². The zero-order valence-electron chi connectivity index (χ0n) is 11.4. The third-order valence-electron chi connectivity index (χ3n) is 3.67. The van der Waals surface area contributed by atoms with Crippen molar-refractivity contribution in [2.75, 3.05) is 13.3 Å². The summed E-state index contributed by atoms with van der Waals surface area (Å²) < 4.78 is 5.47. The molecule has 3 aliphatic heterocycles. The van der Waals surface area contributed by atoms with E-state index in [1.54, 1.807) is 11.8 Å². The molecule has 1 saturated heterocycles. The van der Waals surface area contributed by atoms with Gasteiger partial charge in [0.05, 0.1) is 6.61 Å². The maximum atomic E-state index is 10.0. The maximum Gasteiger partial charge on any atom is 0.162 e. The van der Waals surface area contributed by atoms with E-state index in [2.05, 4.69) is 15.0 Å². The zero-order valence-corrected chi connectivity index (χ0v) is 14.3. The second-order valence-corrected chi connectivity index (χ2v) is 5.19. The molecule has 0 amide bonds. The molecule has 10 heteroatoms. The molecule has 0 spiro atoms. The normalized spacial score (nSPS) is 41.5. The average Bonchev–Trinajstić information content (AvgIpc) is 2.94. The second kappa shape index (κ2) is 5.89. The number of nitrogens with zero attached hydrogens (tertiary/aromatic N) is 4. The van der Waals surface area contributed by atoms with Crippen molar-refractivity contribution < 1.29 is 20.1 Å². The van der Waals surface area contributed by atoms with E-state index < -0.39 is 30.2 Å². The molecule has 3 aliphatic rings. The molecule has 0 aliphatic carbocycles. The van der Waals surface area contributed by atoms with Crippen molar-refractivity contribution >= 4 is 41.8 Å². The first kappa shape index (κ1) is 16.8. The number of hydrogen-bond acceptors (Lipinski definition) is 9. The maximum absolute atomic E-state index is 10.0. The first-order chi connectivity index (χ1) is 9.45. The van der Waals surface area contributed by atoms with E-state index in [1.807, 2.05) is 0 Å². The van der Waals surface area contributed by atoms with E-state index in [0.717, 1.165) is 0 Å². The van der Waals surface area contributed by atoms with E-state index in [9.17, 15) is 10.2 Å². The van der Waals surface area contributed by atoms with Gasteiger partial charge in [0.15, 0.2) is 17.7 Å². The van der Waals surface area contributed by atoms with Gasteiger partial charge in [-0.25, -0.2) is 9.98 Å². The summed E-state index contributed by atoms with van der Waals surface area (Å²) in [6, 6.07) is 0. The van der Waals surface area contributed by atoms with Crippen LogP contribution in [0.3, 0.4) is 0 Å². The van der Waals surface area contributed by atoms with Crippen molar-refractivity contribution in [1.29, 1.82) is 0 Å². The Hall–Kier alpha value is -0.591. The zero-order chi connectivity index (χ0) is 14.5. The fraction of sp³-hybridized carbons (Fsp3) is 0.727. The Kier molecular flexibility index (Phi) is 4.71. The van der Waals surface area contributed by atoms with Gasteiger partial charge in [-0.15, -0.1) is 0 Å². The number of ether oxygens (including phenoxy) is 1. The molecular weight excluding hydrogens is 385 g/mol. The van der Waals surface area contributed by atoms with Crippen LogP contribution in [0.2, 0.25) is 0 Å². The molecule has 4 radical (unpaired) electrons. The van der Waals surface area contributed by atoms with E-state index in [1.165, 1.54) is 6.34 Å². The van der Waals surface area contributed by atoms with E-state index in [-0.39, 0.29) is 37.2 Å². The number of aliphatic imine (C=N–C) groups is 3. The minimum absolute atomic E-state index is 0. The Morgan fingerprint density at radius 2 is 2.19 bits per heavy atom. The average molecular weight is 402 g/mol. The first-order valence-electron chi connectivity index (χ1n) is 6.30. The van der Waals surface area contributed by atoms with Crippen LogP contribution in [-0.2, 0) is 4.74 Å². The van der Waals surface area contributed by atoms with Crippen molar-refractivity contribution in [2.24, 2.45) is 20.7 Å². The van der Waals surface area contributed by atoms with Gasteiger partial charge in [0, 0.05) is 23.9 Å². The summed E-state index contributed by atoms with van der Waals surface area (Å²) in [5, 5.41) is 29.0. The van der Waals surface area contributed by atoms with Crippen LogP contribution in [0.25, 0.3) is 0 Å². The molecule has 3 heterocycles. The minimum Gasteiger partial charge on any atom is -0.394 e. The molecule has 9 nitrogen and oxygen atoms in total. The molecule has 1 unspecified atom stereocenters. The predicted molar refractivity (Wildman–Crippen MR) is 76.2 cm³/mol. The number of aliphatic hydroxyl groups is 3. The molecule has 0 aromatic rings. The van der Waals surface area contributed by atoms with Crippen molar-refractivity contribution in [3.05, 3.63) is 0 Å². The molecule has 5 atom stereocenters.